The van der Waals surface area contributed by atoms with Crippen LogP contribution in [0.2, 0.25) is 0 Å². The highest BCUT2D eigenvalue weighted by atomic mass is 16.5. The van der Waals surface area contributed by atoms with E-state index in [2.05, 4.69) is 0 Å². The van der Waals surface area contributed by atoms with Gasteiger partial charge in [0.25, 0.3) is 0 Å². The fraction of sp³-hybridized carbons (Fsp3) is 0.875. The SMILES string of the molecule is O=C(O)[C@H]1CCC2(CC2)OC1. The lowest BCUT2D eigenvalue weighted by molar-refractivity contribution is -0.149. The Balaban J connectivity index is 1.89. The molecule has 2 fully saturated rings. The zero-order chi connectivity index (χ0) is 7.90. The summed E-state index contributed by atoms with van der Waals surface area (Å²) in [6.45, 7) is 0.426. The van der Waals surface area contributed by atoms with Gasteiger partial charge in [-0.25, -0.2) is 0 Å². The van der Waals surface area contributed by atoms with Gasteiger partial charge in [0, 0.05) is 0 Å². The molecule has 0 aromatic carbocycles. The third-order valence-corrected chi connectivity index (χ3v) is 2.70. The molecule has 0 bridgehead atoms. The van der Waals surface area contributed by atoms with Gasteiger partial charge in [0.05, 0.1) is 18.1 Å². The first-order chi connectivity index (χ1) is 5.22. The molecule has 1 aliphatic heterocycles. The molecule has 1 aliphatic carbocycles. The highest BCUT2D eigenvalue weighted by molar-refractivity contribution is 5.70. The van der Waals surface area contributed by atoms with E-state index in [-0.39, 0.29) is 11.5 Å². The van der Waals surface area contributed by atoms with E-state index >= 15 is 0 Å². The third-order valence-electron chi connectivity index (χ3n) is 2.70. The molecular formula is C8H12O3. The molecule has 11 heavy (non-hydrogen) atoms. The summed E-state index contributed by atoms with van der Waals surface area (Å²) >= 11 is 0. The van der Waals surface area contributed by atoms with E-state index < -0.39 is 5.97 Å². The maximum atomic E-state index is 10.5. The highest BCUT2D eigenvalue weighted by Gasteiger charge is 2.47. The Morgan fingerprint density at radius 1 is 1.45 bits per heavy atom. The van der Waals surface area contributed by atoms with Crippen LogP contribution in [0.1, 0.15) is 25.7 Å². The Kier molecular flexibility index (Phi) is 1.42. The molecule has 3 heteroatoms. The summed E-state index contributed by atoms with van der Waals surface area (Å²) in [5, 5.41) is 8.65. The van der Waals surface area contributed by atoms with Crippen LogP contribution in [-0.4, -0.2) is 23.3 Å². The van der Waals surface area contributed by atoms with Crippen molar-refractivity contribution in [1.29, 1.82) is 0 Å². The van der Waals surface area contributed by atoms with Gasteiger partial charge in [-0.2, -0.15) is 0 Å². The van der Waals surface area contributed by atoms with E-state index in [4.69, 9.17) is 9.84 Å². The fourth-order valence-corrected chi connectivity index (χ4v) is 1.60. The van der Waals surface area contributed by atoms with Crippen molar-refractivity contribution in [2.24, 2.45) is 5.92 Å². The van der Waals surface area contributed by atoms with E-state index in [0.29, 0.717) is 6.61 Å². The topological polar surface area (TPSA) is 46.5 Å². The number of carboxylic acids is 1. The summed E-state index contributed by atoms with van der Waals surface area (Å²) in [5.41, 5.74) is 0.131. The maximum absolute atomic E-state index is 10.5. The van der Waals surface area contributed by atoms with E-state index in [0.717, 1.165) is 25.7 Å². The van der Waals surface area contributed by atoms with Gasteiger partial charge in [0.15, 0.2) is 0 Å². The summed E-state index contributed by atoms with van der Waals surface area (Å²) < 4.78 is 5.47. The first kappa shape index (κ1) is 7.10. The van der Waals surface area contributed by atoms with Crippen molar-refractivity contribution in [3.63, 3.8) is 0 Å². The summed E-state index contributed by atoms with van der Waals surface area (Å²) in [7, 11) is 0. The standard InChI is InChI=1S/C8H12O3/c9-7(10)6-1-2-8(3-4-8)11-5-6/h6H,1-5H2,(H,9,10)/t6-/m0/s1. The number of aliphatic carboxylic acids is 1. The van der Waals surface area contributed by atoms with E-state index in [9.17, 15) is 4.79 Å². The van der Waals surface area contributed by atoms with Crippen molar-refractivity contribution in [3.8, 4) is 0 Å². The summed E-state index contributed by atoms with van der Waals surface area (Å²) in [6, 6.07) is 0. The Morgan fingerprint density at radius 3 is 2.55 bits per heavy atom. The molecular weight excluding hydrogens is 144 g/mol. The Hall–Kier alpha value is -0.570. The van der Waals surface area contributed by atoms with Crippen molar-refractivity contribution in [3.05, 3.63) is 0 Å². The minimum Gasteiger partial charge on any atom is -0.481 e. The molecule has 1 heterocycles. The zero-order valence-electron chi connectivity index (χ0n) is 6.38. The number of rotatable bonds is 1. The molecule has 2 rings (SSSR count). The van der Waals surface area contributed by atoms with Crippen LogP contribution in [0.5, 0.6) is 0 Å². The molecule has 2 aliphatic rings. The van der Waals surface area contributed by atoms with Crippen LogP contribution in [0.4, 0.5) is 0 Å². The average molecular weight is 156 g/mol. The van der Waals surface area contributed by atoms with Gasteiger partial charge in [0.1, 0.15) is 0 Å². The summed E-state index contributed by atoms with van der Waals surface area (Å²) in [4.78, 5) is 10.5. The van der Waals surface area contributed by atoms with Crippen LogP contribution in [0.25, 0.3) is 0 Å². The lowest BCUT2D eigenvalue weighted by atomic mass is 9.97. The molecule has 0 aromatic heterocycles. The number of carbonyl (C=O) groups is 1. The van der Waals surface area contributed by atoms with Gasteiger partial charge in [-0.3, -0.25) is 4.79 Å². The van der Waals surface area contributed by atoms with Gasteiger partial charge in [-0.1, -0.05) is 0 Å². The molecule has 3 nitrogen and oxygen atoms in total. The molecule has 1 saturated heterocycles. The average Bonchev–Trinajstić information content (AvgIpc) is 2.70. The normalized spacial score (nSPS) is 33.6. The van der Waals surface area contributed by atoms with Crippen molar-refractivity contribution in [2.75, 3.05) is 6.61 Å². The lowest BCUT2D eigenvalue weighted by Gasteiger charge is -2.26. The number of carboxylic acid groups (broad SMARTS) is 1. The Bertz CT molecular complexity index is 174. The molecule has 0 amide bonds. The van der Waals surface area contributed by atoms with Crippen LogP contribution in [-0.2, 0) is 9.53 Å². The number of hydrogen-bond acceptors (Lipinski definition) is 2. The third kappa shape index (κ3) is 1.25. The first-order valence-corrected chi connectivity index (χ1v) is 4.09. The molecule has 1 saturated carbocycles. The highest BCUT2D eigenvalue weighted by Crippen LogP contribution is 2.47. The second-order valence-corrected chi connectivity index (χ2v) is 3.57. The molecule has 0 aromatic rings. The van der Waals surface area contributed by atoms with Crippen molar-refractivity contribution < 1.29 is 14.6 Å². The van der Waals surface area contributed by atoms with Crippen LogP contribution < -0.4 is 0 Å². The van der Waals surface area contributed by atoms with Crippen LogP contribution in [0.3, 0.4) is 0 Å². The Labute approximate surface area is 65.4 Å². The van der Waals surface area contributed by atoms with Gasteiger partial charge < -0.3 is 9.84 Å². The first-order valence-electron chi connectivity index (χ1n) is 4.09. The smallest absolute Gasteiger partial charge is 0.308 e. The molecule has 1 atom stereocenters. The quantitative estimate of drug-likeness (QED) is 0.616. The largest absolute Gasteiger partial charge is 0.481 e. The second-order valence-electron chi connectivity index (χ2n) is 3.57. The zero-order valence-corrected chi connectivity index (χ0v) is 6.38. The van der Waals surface area contributed by atoms with Crippen molar-refractivity contribution in [2.45, 2.75) is 31.3 Å². The maximum Gasteiger partial charge on any atom is 0.308 e. The van der Waals surface area contributed by atoms with E-state index in [1.165, 1.54) is 0 Å². The molecule has 0 radical (unpaired) electrons. The molecule has 1 N–H and O–H groups in total. The minimum absolute atomic E-state index is 0.131. The van der Waals surface area contributed by atoms with Gasteiger partial charge in [0.2, 0.25) is 0 Å². The van der Waals surface area contributed by atoms with E-state index in [1.54, 1.807) is 0 Å². The van der Waals surface area contributed by atoms with Gasteiger partial charge in [-0.05, 0) is 25.7 Å². The number of ether oxygens (including phenoxy) is 1. The molecule has 1 spiro atoms. The monoisotopic (exact) mass is 156 g/mol. The van der Waals surface area contributed by atoms with Gasteiger partial charge in [-0.15, -0.1) is 0 Å². The van der Waals surface area contributed by atoms with Crippen molar-refractivity contribution in [1.82, 2.24) is 0 Å². The summed E-state index contributed by atoms with van der Waals surface area (Å²) in [6.07, 6.45) is 4.03. The fourth-order valence-electron chi connectivity index (χ4n) is 1.60. The molecule has 0 unspecified atom stereocenters. The number of hydrogen-bond donors (Lipinski definition) is 1. The van der Waals surface area contributed by atoms with E-state index in [1.807, 2.05) is 0 Å². The van der Waals surface area contributed by atoms with Crippen molar-refractivity contribution >= 4 is 5.97 Å². The summed E-state index contributed by atoms with van der Waals surface area (Å²) in [5.74, 6) is -0.957. The van der Waals surface area contributed by atoms with Crippen LogP contribution in [0, 0.1) is 5.92 Å². The second kappa shape index (κ2) is 2.21. The Morgan fingerprint density at radius 2 is 2.18 bits per heavy atom. The van der Waals surface area contributed by atoms with Crippen LogP contribution >= 0.6 is 0 Å². The van der Waals surface area contributed by atoms with Crippen LogP contribution in [0.15, 0.2) is 0 Å². The molecule has 62 valence electrons. The van der Waals surface area contributed by atoms with Gasteiger partial charge >= 0.3 is 5.97 Å². The lowest BCUT2D eigenvalue weighted by Crippen LogP contribution is -2.31. The minimum atomic E-state index is -0.708. The predicted octanol–water partition coefficient (Wildman–Crippen LogP) is 1.03. The predicted molar refractivity (Wildman–Crippen MR) is 38.3 cm³/mol.